The summed E-state index contributed by atoms with van der Waals surface area (Å²) < 4.78 is 0. The Labute approximate surface area is 113 Å². The number of nitrogens with zero attached hydrogens (tertiary/aromatic N) is 2. The van der Waals surface area contributed by atoms with Crippen molar-refractivity contribution in [3.8, 4) is 0 Å². The van der Waals surface area contributed by atoms with E-state index in [1.807, 2.05) is 0 Å². The predicted octanol–water partition coefficient (Wildman–Crippen LogP) is 3.30. The van der Waals surface area contributed by atoms with E-state index in [0.717, 1.165) is 0 Å². The van der Waals surface area contributed by atoms with Gasteiger partial charge in [-0.1, -0.05) is 60.7 Å². The summed E-state index contributed by atoms with van der Waals surface area (Å²) in [6.07, 6.45) is 17.1. The Bertz CT molecular complexity index is 532. The molecule has 2 nitrogen and oxygen atoms in total. The van der Waals surface area contributed by atoms with E-state index in [1.54, 1.807) is 0 Å². The highest BCUT2D eigenvalue weighted by atomic mass is 15.4. The molecule has 4 rings (SSSR count). The molecule has 2 aliphatic carbocycles. The van der Waals surface area contributed by atoms with Crippen LogP contribution in [0.2, 0.25) is 0 Å². The zero-order chi connectivity index (χ0) is 12.7. The third-order valence-corrected chi connectivity index (χ3v) is 3.67. The fraction of sp³-hybridized carbons (Fsp3) is 0.118. The monoisotopic (exact) mass is 246 g/mol. The SMILES string of the molecule is [C]1N(C2C=CC=C2)c2ccccc2N1C1C=CC=C1. The molecule has 0 saturated heterocycles. The van der Waals surface area contributed by atoms with Crippen LogP contribution < -0.4 is 9.80 Å². The summed E-state index contributed by atoms with van der Waals surface area (Å²) in [6, 6.07) is 9.04. The molecular weight excluding hydrogens is 232 g/mol. The molecular formula is C17H14N2. The van der Waals surface area contributed by atoms with Crippen molar-refractivity contribution in [2.24, 2.45) is 0 Å². The lowest BCUT2D eigenvalue weighted by atomic mass is 10.2. The van der Waals surface area contributed by atoms with E-state index in [2.05, 4.69) is 89.3 Å². The maximum Gasteiger partial charge on any atom is 0.210 e. The van der Waals surface area contributed by atoms with Crippen LogP contribution in [0.3, 0.4) is 0 Å². The molecule has 0 bridgehead atoms. The quantitative estimate of drug-likeness (QED) is 0.790. The van der Waals surface area contributed by atoms with Gasteiger partial charge in [-0.2, -0.15) is 0 Å². The molecule has 1 heterocycles. The van der Waals surface area contributed by atoms with Crippen LogP contribution in [0.5, 0.6) is 0 Å². The Morgan fingerprint density at radius 2 is 1.11 bits per heavy atom. The minimum absolute atomic E-state index is 0.278. The molecule has 2 heteroatoms. The first-order chi connectivity index (χ1) is 9.43. The highest BCUT2D eigenvalue weighted by Crippen LogP contribution is 2.41. The highest BCUT2D eigenvalue weighted by Gasteiger charge is 2.33. The van der Waals surface area contributed by atoms with Crippen LogP contribution in [0, 0.1) is 6.67 Å². The molecule has 3 aliphatic rings. The number of benzene rings is 1. The Balaban J connectivity index is 1.73. The molecule has 2 radical (unpaired) electrons. The van der Waals surface area contributed by atoms with Gasteiger partial charge in [0.1, 0.15) is 0 Å². The lowest BCUT2D eigenvalue weighted by Gasteiger charge is -2.25. The lowest BCUT2D eigenvalue weighted by molar-refractivity contribution is 0.831. The van der Waals surface area contributed by atoms with Gasteiger partial charge in [0, 0.05) is 0 Å². The smallest absolute Gasteiger partial charge is 0.210 e. The van der Waals surface area contributed by atoms with Gasteiger partial charge in [0.2, 0.25) is 6.67 Å². The summed E-state index contributed by atoms with van der Waals surface area (Å²) in [5, 5.41) is 0. The van der Waals surface area contributed by atoms with Crippen LogP contribution in [0.25, 0.3) is 0 Å². The molecule has 1 aromatic rings. The first kappa shape index (κ1) is 10.7. The van der Waals surface area contributed by atoms with Gasteiger partial charge < -0.3 is 9.80 Å². The normalized spacial score (nSPS) is 21.1. The van der Waals surface area contributed by atoms with E-state index < -0.39 is 0 Å². The highest BCUT2D eigenvalue weighted by molar-refractivity contribution is 5.81. The molecule has 0 aromatic heterocycles. The van der Waals surface area contributed by atoms with Gasteiger partial charge in [-0.25, -0.2) is 0 Å². The van der Waals surface area contributed by atoms with Gasteiger partial charge in [-0.3, -0.25) is 0 Å². The second-order valence-electron chi connectivity index (χ2n) is 4.85. The van der Waals surface area contributed by atoms with Crippen LogP contribution in [0.4, 0.5) is 11.4 Å². The molecule has 0 unspecified atom stereocenters. The van der Waals surface area contributed by atoms with Crippen molar-refractivity contribution in [3.05, 3.63) is 79.5 Å². The number of anilines is 2. The van der Waals surface area contributed by atoms with Gasteiger partial charge in [-0.05, 0) is 12.1 Å². The summed E-state index contributed by atoms with van der Waals surface area (Å²) in [5.41, 5.74) is 2.44. The fourth-order valence-corrected chi connectivity index (χ4v) is 2.73. The van der Waals surface area contributed by atoms with Crippen molar-refractivity contribution in [1.82, 2.24) is 0 Å². The van der Waals surface area contributed by atoms with Crippen molar-refractivity contribution >= 4 is 11.4 Å². The topological polar surface area (TPSA) is 6.48 Å². The van der Waals surface area contributed by atoms with Crippen molar-refractivity contribution in [2.75, 3.05) is 9.80 Å². The summed E-state index contributed by atoms with van der Waals surface area (Å²) >= 11 is 0. The van der Waals surface area contributed by atoms with E-state index in [9.17, 15) is 0 Å². The average Bonchev–Trinajstić information content (AvgIpc) is 3.18. The van der Waals surface area contributed by atoms with Crippen LogP contribution in [-0.2, 0) is 0 Å². The lowest BCUT2D eigenvalue weighted by Crippen LogP contribution is -2.34. The Morgan fingerprint density at radius 1 is 0.684 bits per heavy atom. The van der Waals surface area contributed by atoms with Gasteiger partial charge in [0.05, 0.1) is 23.5 Å². The molecule has 19 heavy (non-hydrogen) atoms. The number of allylic oxidation sites excluding steroid dienone is 4. The minimum atomic E-state index is 0.278. The number of para-hydroxylation sites is 2. The summed E-state index contributed by atoms with van der Waals surface area (Å²) in [5.74, 6) is 0. The van der Waals surface area contributed by atoms with Crippen molar-refractivity contribution in [1.29, 1.82) is 0 Å². The molecule has 1 aliphatic heterocycles. The molecule has 0 saturated carbocycles. The van der Waals surface area contributed by atoms with Crippen LogP contribution in [-0.4, -0.2) is 12.1 Å². The summed E-state index contributed by atoms with van der Waals surface area (Å²) in [4.78, 5) is 4.41. The van der Waals surface area contributed by atoms with E-state index in [4.69, 9.17) is 0 Å². The summed E-state index contributed by atoms with van der Waals surface area (Å²) in [7, 11) is 0. The molecule has 0 amide bonds. The summed E-state index contributed by atoms with van der Waals surface area (Å²) in [6.45, 7) is 3.50. The first-order valence-corrected chi connectivity index (χ1v) is 6.57. The standard InChI is InChI=1S/C17H14N2/c1-2-8-14(7-1)18-13-19(15-9-3-4-10-15)17-12-6-5-11-16(17)18/h1-12,14-15H. The maximum absolute atomic E-state index is 3.50. The van der Waals surface area contributed by atoms with Crippen molar-refractivity contribution in [3.63, 3.8) is 0 Å². The molecule has 0 atom stereocenters. The number of rotatable bonds is 2. The minimum Gasteiger partial charge on any atom is -0.329 e. The zero-order valence-corrected chi connectivity index (χ0v) is 10.5. The van der Waals surface area contributed by atoms with Crippen LogP contribution in [0.1, 0.15) is 0 Å². The Kier molecular flexibility index (Phi) is 2.34. The molecule has 1 aromatic carbocycles. The number of fused-ring (bicyclic) bond motifs is 1. The second kappa shape index (κ2) is 4.16. The number of hydrogen-bond acceptors (Lipinski definition) is 2. The number of hydrogen-bond donors (Lipinski definition) is 0. The second-order valence-corrected chi connectivity index (χ2v) is 4.85. The molecule has 0 spiro atoms. The van der Waals surface area contributed by atoms with E-state index in [1.165, 1.54) is 11.4 Å². The van der Waals surface area contributed by atoms with Gasteiger partial charge in [0.15, 0.2) is 0 Å². The maximum atomic E-state index is 3.50. The Hall–Kier alpha value is -2.22. The van der Waals surface area contributed by atoms with E-state index in [0.29, 0.717) is 0 Å². The van der Waals surface area contributed by atoms with Gasteiger partial charge in [-0.15, -0.1) is 0 Å². The first-order valence-electron chi connectivity index (χ1n) is 6.57. The van der Waals surface area contributed by atoms with Crippen molar-refractivity contribution in [2.45, 2.75) is 12.1 Å². The van der Waals surface area contributed by atoms with Crippen LogP contribution >= 0.6 is 0 Å². The zero-order valence-electron chi connectivity index (χ0n) is 10.5. The fourth-order valence-electron chi connectivity index (χ4n) is 2.73. The van der Waals surface area contributed by atoms with Crippen LogP contribution in [0.15, 0.2) is 72.9 Å². The van der Waals surface area contributed by atoms with Crippen molar-refractivity contribution < 1.29 is 0 Å². The van der Waals surface area contributed by atoms with Gasteiger partial charge in [0.25, 0.3) is 0 Å². The largest absolute Gasteiger partial charge is 0.329 e. The average molecular weight is 246 g/mol. The van der Waals surface area contributed by atoms with E-state index in [-0.39, 0.29) is 12.1 Å². The third kappa shape index (κ3) is 1.64. The molecule has 0 fully saturated rings. The van der Waals surface area contributed by atoms with E-state index >= 15 is 0 Å². The van der Waals surface area contributed by atoms with Gasteiger partial charge >= 0.3 is 0 Å². The predicted molar refractivity (Wildman–Crippen MR) is 78.8 cm³/mol. The molecule has 92 valence electrons. The third-order valence-electron chi connectivity index (χ3n) is 3.67. The Morgan fingerprint density at radius 3 is 1.53 bits per heavy atom. The molecule has 0 N–H and O–H groups in total.